The molecule has 1 aromatic heterocycles. The summed E-state index contributed by atoms with van der Waals surface area (Å²) in [5, 5.41) is 6.36. The molecule has 106 valence electrons. The fraction of sp³-hybridized carbons (Fsp3) is 0.167. The molecule has 0 aliphatic carbocycles. The van der Waals surface area contributed by atoms with E-state index >= 15 is 0 Å². The van der Waals surface area contributed by atoms with Crippen LogP contribution in [0.2, 0.25) is 5.02 Å². The van der Waals surface area contributed by atoms with Crippen molar-refractivity contribution < 1.29 is 18.0 Å². The van der Waals surface area contributed by atoms with Crippen LogP contribution in [0.5, 0.6) is 0 Å². The number of amides is 1. The molecule has 20 heavy (non-hydrogen) atoms. The van der Waals surface area contributed by atoms with E-state index in [0.717, 1.165) is 12.4 Å². The smallest absolute Gasteiger partial charge is 0.319 e. The molecule has 0 spiro atoms. The standard InChI is InChI=1S/C12H9ClF3N3O/c13-9-3-1-2-8(4-9)11(20)18-10-5-17-19(6-10)7-12(14,15)16/h1-6H,7H2,(H,18,20). The topological polar surface area (TPSA) is 46.9 Å². The van der Waals surface area contributed by atoms with Crippen molar-refractivity contribution in [3.05, 3.63) is 47.2 Å². The first-order chi connectivity index (χ1) is 9.33. The monoisotopic (exact) mass is 303 g/mol. The molecule has 1 aromatic carbocycles. The predicted molar refractivity (Wildman–Crippen MR) is 67.7 cm³/mol. The molecule has 0 atom stereocenters. The maximum atomic E-state index is 12.2. The number of aromatic nitrogens is 2. The Hall–Kier alpha value is -2.02. The molecular weight excluding hydrogens is 295 g/mol. The van der Waals surface area contributed by atoms with Crippen LogP contribution in [-0.4, -0.2) is 21.9 Å². The first-order valence-electron chi connectivity index (χ1n) is 5.49. The third-order valence-electron chi connectivity index (χ3n) is 2.32. The van der Waals surface area contributed by atoms with Crippen molar-refractivity contribution in [3.8, 4) is 0 Å². The number of anilines is 1. The van der Waals surface area contributed by atoms with Gasteiger partial charge in [-0.1, -0.05) is 17.7 Å². The van der Waals surface area contributed by atoms with Crippen molar-refractivity contribution in [2.24, 2.45) is 0 Å². The molecule has 0 fully saturated rings. The molecule has 0 saturated heterocycles. The summed E-state index contributed by atoms with van der Waals surface area (Å²) >= 11 is 5.75. The van der Waals surface area contributed by atoms with E-state index in [0.29, 0.717) is 15.3 Å². The Morgan fingerprint density at radius 2 is 2.15 bits per heavy atom. The van der Waals surface area contributed by atoms with Gasteiger partial charge in [0.15, 0.2) is 0 Å². The zero-order chi connectivity index (χ0) is 14.8. The number of halogens is 4. The van der Waals surface area contributed by atoms with Crippen LogP contribution >= 0.6 is 11.6 Å². The largest absolute Gasteiger partial charge is 0.408 e. The highest BCUT2D eigenvalue weighted by Gasteiger charge is 2.28. The number of hydrogen-bond acceptors (Lipinski definition) is 2. The van der Waals surface area contributed by atoms with E-state index in [1.54, 1.807) is 18.2 Å². The van der Waals surface area contributed by atoms with Gasteiger partial charge in [0.05, 0.1) is 11.9 Å². The highest BCUT2D eigenvalue weighted by molar-refractivity contribution is 6.31. The predicted octanol–water partition coefficient (Wildman–Crippen LogP) is 3.35. The number of carbonyl (C=O) groups excluding carboxylic acids is 1. The summed E-state index contributed by atoms with van der Waals surface area (Å²) in [6.45, 7) is -1.21. The summed E-state index contributed by atoms with van der Waals surface area (Å²) in [5.41, 5.74) is 0.486. The molecule has 1 heterocycles. The maximum Gasteiger partial charge on any atom is 0.408 e. The fourth-order valence-electron chi connectivity index (χ4n) is 1.53. The first-order valence-corrected chi connectivity index (χ1v) is 5.87. The second kappa shape index (κ2) is 5.54. The number of alkyl halides is 3. The van der Waals surface area contributed by atoms with Gasteiger partial charge in [-0.05, 0) is 18.2 Å². The molecule has 8 heteroatoms. The minimum atomic E-state index is -4.36. The Morgan fingerprint density at radius 3 is 2.80 bits per heavy atom. The SMILES string of the molecule is O=C(Nc1cnn(CC(F)(F)F)c1)c1cccc(Cl)c1. The second-order valence-corrected chi connectivity index (χ2v) is 4.44. The van der Waals surface area contributed by atoms with E-state index < -0.39 is 18.6 Å². The molecule has 2 rings (SSSR count). The molecule has 0 aliphatic rings. The van der Waals surface area contributed by atoms with Crippen molar-refractivity contribution in [3.63, 3.8) is 0 Å². The van der Waals surface area contributed by atoms with Crippen LogP contribution in [0.1, 0.15) is 10.4 Å². The third-order valence-corrected chi connectivity index (χ3v) is 2.55. The summed E-state index contributed by atoms with van der Waals surface area (Å²) < 4.78 is 37.2. The van der Waals surface area contributed by atoms with Gasteiger partial charge in [-0.3, -0.25) is 9.48 Å². The summed E-state index contributed by atoms with van der Waals surface area (Å²) in [7, 11) is 0. The molecule has 0 bridgehead atoms. The zero-order valence-electron chi connectivity index (χ0n) is 9.99. The number of nitrogens with one attached hydrogen (secondary N) is 1. The van der Waals surface area contributed by atoms with Gasteiger partial charge in [-0.2, -0.15) is 18.3 Å². The van der Waals surface area contributed by atoms with E-state index in [1.165, 1.54) is 6.07 Å². The molecule has 1 N–H and O–H groups in total. The van der Waals surface area contributed by atoms with E-state index in [2.05, 4.69) is 10.4 Å². The normalized spacial score (nSPS) is 11.4. The second-order valence-electron chi connectivity index (χ2n) is 4.01. The Morgan fingerprint density at radius 1 is 1.40 bits per heavy atom. The van der Waals surface area contributed by atoms with Crippen LogP contribution in [-0.2, 0) is 6.54 Å². The molecular formula is C12H9ClF3N3O. The van der Waals surface area contributed by atoms with Crippen molar-refractivity contribution in [1.29, 1.82) is 0 Å². The quantitative estimate of drug-likeness (QED) is 0.945. The van der Waals surface area contributed by atoms with Gasteiger partial charge in [-0.25, -0.2) is 0 Å². The summed E-state index contributed by atoms with van der Waals surface area (Å²) in [4.78, 5) is 11.8. The van der Waals surface area contributed by atoms with Crippen LogP contribution in [0, 0.1) is 0 Å². The van der Waals surface area contributed by atoms with Gasteiger partial charge in [-0.15, -0.1) is 0 Å². The van der Waals surface area contributed by atoms with E-state index in [9.17, 15) is 18.0 Å². The Bertz CT molecular complexity index is 624. The average molecular weight is 304 g/mol. The molecule has 2 aromatic rings. The van der Waals surface area contributed by atoms with E-state index in [4.69, 9.17) is 11.6 Å². The van der Waals surface area contributed by atoms with Crippen LogP contribution in [0.4, 0.5) is 18.9 Å². The lowest BCUT2D eigenvalue weighted by Gasteiger charge is -2.05. The minimum absolute atomic E-state index is 0.180. The summed E-state index contributed by atoms with van der Waals surface area (Å²) in [6, 6.07) is 6.21. The number of nitrogens with zero attached hydrogens (tertiary/aromatic N) is 2. The number of carbonyl (C=O) groups is 1. The van der Waals surface area contributed by atoms with Crippen LogP contribution in [0.3, 0.4) is 0 Å². The van der Waals surface area contributed by atoms with Crippen molar-refractivity contribution >= 4 is 23.2 Å². The highest BCUT2D eigenvalue weighted by Crippen LogP contribution is 2.18. The summed E-state index contributed by atoms with van der Waals surface area (Å²) in [5.74, 6) is -0.473. The van der Waals surface area contributed by atoms with Gasteiger partial charge in [0.1, 0.15) is 6.54 Å². The van der Waals surface area contributed by atoms with Crippen molar-refractivity contribution in [2.45, 2.75) is 12.7 Å². The molecule has 4 nitrogen and oxygen atoms in total. The first kappa shape index (κ1) is 14.4. The molecule has 1 amide bonds. The summed E-state index contributed by atoms with van der Waals surface area (Å²) in [6.07, 6.45) is -2.11. The lowest BCUT2D eigenvalue weighted by atomic mass is 10.2. The molecule has 0 radical (unpaired) electrons. The number of hydrogen-bond donors (Lipinski definition) is 1. The van der Waals surface area contributed by atoms with E-state index in [1.807, 2.05) is 0 Å². The van der Waals surface area contributed by atoms with Crippen LogP contribution in [0.25, 0.3) is 0 Å². The highest BCUT2D eigenvalue weighted by atomic mass is 35.5. The van der Waals surface area contributed by atoms with Gasteiger partial charge in [0, 0.05) is 16.8 Å². The lowest BCUT2D eigenvalue weighted by molar-refractivity contribution is -0.142. The molecule has 0 saturated carbocycles. The van der Waals surface area contributed by atoms with Gasteiger partial charge < -0.3 is 5.32 Å². The molecule has 0 unspecified atom stereocenters. The Kier molecular flexibility index (Phi) is 3.99. The van der Waals surface area contributed by atoms with Crippen molar-refractivity contribution in [2.75, 3.05) is 5.32 Å². The van der Waals surface area contributed by atoms with Gasteiger partial charge >= 0.3 is 6.18 Å². The average Bonchev–Trinajstić information content (AvgIpc) is 2.74. The fourth-order valence-corrected chi connectivity index (χ4v) is 1.72. The Labute approximate surface area is 117 Å². The lowest BCUT2D eigenvalue weighted by Crippen LogP contribution is -2.18. The molecule has 0 aliphatic heterocycles. The van der Waals surface area contributed by atoms with Crippen LogP contribution < -0.4 is 5.32 Å². The minimum Gasteiger partial charge on any atom is -0.319 e. The zero-order valence-corrected chi connectivity index (χ0v) is 10.7. The van der Waals surface area contributed by atoms with Crippen LogP contribution in [0.15, 0.2) is 36.7 Å². The van der Waals surface area contributed by atoms with Crippen molar-refractivity contribution in [1.82, 2.24) is 9.78 Å². The third kappa shape index (κ3) is 3.99. The van der Waals surface area contributed by atoms with Gasteiger partial charge in [0.2, 0.25) is 0 Å². The Balaban J connectivity index is 2.05. The number of rotatable bonds is 3. The van der Waals surface area contributed by atoms with E-state index in [-0.39, 0.29) is 5.69 Å². The number of benzene rings is 1. The maximum absolute atomic E-state index is 12.2. The van der Waals surface area contributed by atoms with Gasteiger partial charge in [0.25, 0.3) is 5.91 Å².